The van der Waals surface area contributed by atoms with Gasteiger partial charge in [-0.15, -0.1) is 0 Å². The first-order valence-electron chi connectivity index (χ1n) is 6.32. The molecule has 0 spiro atoms. The maximum Gasteiger partial charge on any atom is 0.163 e. The van der Waals surface area contributed by atoms with Gasteiger partial charge in [-0.05, 0) is 77.5 Å². The van der Waals surface area contributed by atoms with Gasteiger partial charge in [-0.2, -0.15) is 0 Å². The summed E-state index contributed by atoms with van der Waals surface area (Å²) in [6.45, 7) is 0.494. The Kier molecular flexibility index (Phi) is 5.52. The zero-order chi connectivity index (χ0) is 14.4. The molecule has 0 heterocycles. The van der Waals surface area contributed by atoms with Gasteiger partial charge in [-0.25, -0.2) is 4.39 Å². The third kappa shape index (κ3) is 4.59. The van der Waals surface area contributed by atoms with Crippen LogP contribution >= 0.6 is 22.6 Å². The first-order chi connectivity index (χ1) is 9.65. The number of carbonyl (C=O) groups excluding carboxylic acids is 1. The van der Waals surface area contributed by atoms with Gasteiger partial charge in [0.05, 0.1) is 6.61 Å². The molecule has 0 amide bonds. The van der Waals surface area contributed by atoms with Gasteiger partial charge in [0.1, 0.15) is 11.6 Å². The van der Waals surface area contributed by atoms with Gasteiger partial charge in [0.15, 0.2) is 5.78 Å². The predicted molar refractivity (Wildman–Crippen MR) is 84.6 cm³/mol. The molecule has 0 saturated carbocycles. The van der Waals surface area contributed by atoms with Gasteiger partial charge in [0.2, 0.25) is 0 Å². The maximum absolute atomic E-state index is 12.7. The van der Waals surface area contributed by atoms with Crippen molar-refractivity contribution < 1.29 is 13.9 Å². The van der Waals surface area contributed by atoms with Crippen LogP contribution in [0.15, 0.2) is 48.5 Å². The number of ether oxygens (including phenoxy) is 1. The van der Waals surface area contributed by atoms with Crippen LogP contribution in [0.1, 0.15) is 23.2 Å². The molecular formula is C16H14FIO2. The molecule has 2 nitrogen and oxygen atoms in total. The Bertz CT molecular complexity index is 564. The molecule has 0 radical (unpaired) electrons. The zero-order valence-corrected chi connectivity index (χ0v) is 13.0. The number of halogens is 2. The monoisotopic (exact) mass is 384 g/mol. The minimum Gasteiger partial charge on any atom is -0.494 e. The van der Waals surface area contributed by atoms with Crippen LogP contribution in [0.25, 0.3) is 0 Å². The summed E-state index contributed by atoms with van der Waals surface area (Å²) in [4.78, 5) is 11.8. The van der Waals surface area contributed by atoms with Crippen molar-refractivity contribution in [1.29, 1.82) is 0 Å². The first-order valence-corrected chi connectivity index (χ1v) is 7.40. The van der Waals surface area contributed by atoms with E-state index >= 15 is 0 Å². The summed E-state index contributed by atoms with van der Waals surface area (Å²) in [5.41, 5.74) is 0.542. The van der Waals surface area contributed by atoms with Crippen molar-refractivity contribution in [3.8, 4) is 5.75 Å². The second kappa shape index (κ2) is 7.38. The third-order valence-electron chi connectivity index (χ3n) is 2.80. The molecule has 20 heavy (non-hydrogen) atoms. The van der Waals surface area contributed by atoms with Crippen molar-refractivity contribution in [2.24, 2.45) is 0 Å². The van der Waals surface area contributed by atoms with Gasteiger partial charge in [-0.3, -0.25) is 4.79 Å². The second-order valence-corrected chi connectivity index (χ2v) is 5.58. The Morgan fingerprint density at radius 2 is 1.70 bits per heavy atom. The fourth-order valence-electron chi connectivity index (χ4n) is 1.73. The Hall–Kier alpha value is -1.43. The molecule has 4 heteroatoms. The lowest BCUT2D eigenvalue weighted by molar-refractivity contribution is 0.0973. The molecule has 0 aliphatic carbocycles. The highest BCUT2D eigenvalue weighted by Crippen LogP contribution is 2.14. The van der Waals surface area contributed by atoms with Crippen LogP contribution in [-0.2, 0) is 0 Å². The van der Waals surface area contributed by atoms with E-state index in [-0.39, 0.29) is 11.6 Å². The van der Waals surface area contributed by atoms with E-state index in [0.29, 0.717) is 25.0 Å². The van der Waals surface area contributed by atoms with E-state index in [2.05, 4.69) is 22.6 Å². The van der Waals surface area contributed by atoms with Crippen LogP contribution in [-0.4, -0.2) is 12.4 Å². The Labute approximate surface area is 131 Å². The number of benzene rings is 2. The smallest absolute Gasteiger partial charge is 0.163 e. The molecule has 0 bridgehead atoms. The van der Waals surface area contributed by atoms with Crippen molar-refractivity contribution in [2.75, 3.05) is 6.61 Å². The van der Waals surface area contributed by atoms with Crippen molar-refractivity contribution >= 4 is 28.4 Å². The Balaban J connectivity index is 1.74. The summed E-state index contributed by atoms with van der Waals surface area (Å²) < 4.78 is 19.4. The first kappa shape index (κ1) is 15.0. The van der Waals surface area contributed by atoms with Crippen LogP contribution < -0.4 is 4.74 Å². The minimum atomic E-state index is -0.330. The fourth-order valence-corrected chi connectivity index (χ4v) is 2.09. The molecule has 0 aliphatic rings. The second-order valence-electron chi connectivity index (χ2n) is 4.34. The standard InChI is InChI=1S/C16H14FIO2/c17-13-5-3-12(4-6-13)16(19)2-1-11-20-15-9-7-14(18)8-10-15/h3-10H,1-2,11H2. The lowest BCUT2D eigenvalue weighted by Crippen LogP contribution is -2.04. The van der Waals surface area contributed by atoms with Gasteiger partial charge < -0.3 is 4.74 Å². The number of Topliss-reactive ketones (excluding diaryl/α,β-unsaturated/α-hetero) is 1. The lowest BCUT2D eigenvalue weighted by atomic mass is 10.1. The average molecular weight is 384 g/mol. The molecule has 0 aromatic heterocycles. The summed E-state index contributed by atoms with van der Waals surface area (Å²) in [6.07, 6.45) is 1.04. The zero-order valence-electron chi connectivity index (χ0n) is 10.8. The van der Waals surface area contributed by atoms with Gasteiger partial charge in [0.25, 0.3) is 0 Å². The summed E-state index contributed by atoms with van der Waals surface area (Å²) in [6, 6.07) is 13.4. The van der Waals surface area contributed by atoms with E-state index in [4.69, 9.17) is 4.74 Å². The number of carbonyl (C=O) groups is 1. The Morgan fingerprint density at radius 3 is 2.35 bits per heavy atom. The number of rotatable bonds is 6. The van der Waals surface area contributed by atoms with Gasteiger partial charge in [-0.1, -0.05) is 0 Å². The van der Waals surface area contributed by atoms with Crippen LogP contribution in [0, 0.1) is 9.39 Å². The van der Waals surface area contributed by atoms with Crippen LogP contribution in [0.2, 0.25) is 0 Å². The van der Waals surface area contributed by atoms with E-state index in [1.165, 1.54) is 24.3 Å². The molecule has 0 unspecified atom stereocenters. The third-order valence-corrected chi connectivity index (χ3v) is 3.52. The van der Waals surface area contributed by atoms with E-state index in [1.807, 2.05) is 24.3 Å². The van der Waals surface area contributed by atoms with Gasteiger partial charge >= 0.3 is 0 Å². The quantitative estimate of drug-likeness (QED) is 0.417. The van der Waals surface area contributed by atoms with Crippen molar-refractivity contribution in [3.63, 3.8) is 0 Å². The van der Waals surface area contributed by atoms with Crippen molar-refractivity contribution in [2.45, 2.75) is 12.8 Å². The largest absolute Gasteiger partial charge is 0.494 e. The van der Waals surface area contributed by atoms with Crippen LogP contribution in [0.3, 0.4) is 0 Å². The molecule has 2 rings (SSSR count). The highest BCUT2D eigenvalue weighted by atomic mass is 127. The molecule has 2 aromatic carbocycles. The molecule has 104 valence electrons. The molecule has 0 aliphatic heterocycles. The van der Waals surface area contributed by atoms with E-state index < -0.39 is 0 Å². The van der Waals surface area contributed by atoms with E-state index in [9.17, 15) is 9.18 Å². The minimum absolute atomic E-state index is 0.0104. The fraction of sp³-hybridized carbons (Fsp3) is 0.188. The topological polar surface area (TPSA) is 26.3 Å². The Morgan fingerprint density at radius 1 is 1.05 bits per heavy atom. The lowest BCUT2D eigenvalue weighted by Gasteiger charge is -2.06. The highest BCUT2D eigenvalue weighted by molar-refractivity contribution is 14.1. The van der Waals surface area contributed by atoms with Crippen molar-refractivity contribution in [3.05, 3.63) is 63.5 Å². The molecule has 0 saturated heterocycles. The van der Waals surface area contributed by atoms with E-state index in [1.54, 1.807) is 0 Å². The summed E-state index contributed by atoms with van der Waals surface area (Å²) in [5, 5.41) is 0. The maximum atomic E-state index is 12.7. The van der Waals surface area contributed by atoms with Crippen LogP contribution in [0.4, 0.5) is 4.39 Å². The molecule has 0 N–H and O–H groups in total. The molecule has 0 fully saturated rings. The number of hydrogen-bond acceptors (Lipinski definition) is 2. The average Bonchev–Trinajstić information content (AvgIpc) is 2.46. The highest BCUT2D eigenvalue weighted by Gasteiger charge is 2.05. The summed E-state index contributed by atoms with van der Waals surface area (Å²) >= 11 is 2.23. The number of hydrogen-bond donors (Lipinski definition) is 0. The number of ketones is 1. The van der Waals surface area contributed by atoms with Crippen LogP contribution in [0.5, 0.6) is 5.75 Å². The summed E-state index contributed by atoms with van der Waals surface area (Å²) in [5.74, 6) is 0.486. The van der Waals surface area contributed by atoms with E-state index in [0.717, 1.165) is 9.32 Å². The molecule has 2 aromatic rings. The molecule has 0 atom stereocenters. The predicted octanol–water partition coefficient (Wildman–Crippen LogP) is 4.47. The van der Waals surface area contributed by atoms with Gasteiger partial charge in [0, 0.05) is 15.6 Å². The van der Waals surface area contributed by atoms with Crippen molar-refractivity contribution in [1.82, 2.24) is 0 Å². The molecular weight excluding hydrogens is 370 g/mol. The summed E-state index contributed by atoms with van der Waals surface area (Å²) in [7, 11) is 0. The normalized spacial score (nSPS) is 10.3. The SMILES string of the molecule is O=C(CCCOc1ccc(I)cc1)c1ccc(F)cc1.